The van der Waals surface area contributed by atoms with E-state index in [4.69, 9.17) is 10.4 Å². The summed E-state index contributed by atoms with van der Waals surface area (Å²) in [7, 11) is 0. The van der Waals surface area contributed by atoms with E-state index in [2.05, 4.69) is 11.4 Å². The predicted molar refractivity (Wildman–Crippen MR) is 40.8 cm³/mol. The standard InChI is InChI=1S/C6H10N2OS/c7-3-6(4-9)5-10-2-1-8-6/h8-9H,1-2,4-5H2/t6-/m0/s1. The summed E-state index contributed by atoms with van der Waals surface area (Å²) in [6, 6.07) is 2.09. The quantitative estimate of drug-likeness (QED) is 0.544. The van der Waals surface area contributed by atoms with Crippen LogP contribution >= 0.6 is 11.8 Å². The number of rotatable bonds is 1. The van der Waals surface area contributed by atoms with Gasteiger partial charge in [-0.05, 0) is 0 Å². The Bertz CT molecular complexity index is 148. The van der Waals surface area contributed by atoms with Crippen LogP contribution in [-0.4, -0.2) is 35.3 Å². The summed E-state index contributed by atoms with van der Waals surface area (Å²) in [6.07, 6.45) is 0. The Balaban J connectivity index is 2.55. The molecule has 1 saturated heterocycles. The molecule has 0 radical (unpaired) electrons. The van der Waals surface area contributed by atoms with E-state index in [1.165, 1.54) is 0 Å². The lowest BCUT2D eigenvalue weighted by atomic mass is 10.1. The lowest BCUT2D eigenvalue weighted by Gasteiger charge is -2.29. The van der Waals surface area contributed by atoms with E-state index < -0.39 is 5.54 Å². The van der Waals surface area contributed by atoms with Gasteiger partial charge in [0.25, 0.3) is 0 Å². The number of nitrogens with zero attached hydrogens (tertiary/aromatic N) is 1. The summed E-state index contributed by atoms with van der Waals surface area (Å²) < 4.78 is 0. The molecule has 0 spiro atoms. The van der Waals surface area contributed by atoms with Gasteiger partial charge in [0.1, 0.15) is 5.54 Å². The molecule has 0 aromatic carbocycles. The molecule has 0 amide bonds. The van der Waals surface area contributed by atoms with Crippen molar-refractivity contribution >= 4 is 11.8 Å². The Morgan fingerprint density at radius 1 is 1.80 bits per heavy atom. The highest BCUT2D eigenvalue weighted by atomic mass is 32.2. The van der Waals surface area contributed by atoms with Crippen LogP contribution in [0.3, 0.4) is 0 Å². The molecule has 10 heavy (non-hydrogen) atoms. The molecule has 1 heterocycles. The number of aliphatic hydroxyl groups is 1. The van der Waals surface area contributed by atoms with E-state index in [0.717, 1.165) is 12.3 Å². The van der Waals surface area contributed by atoms with E-state index in [9.17, 15) is 0 Å². The molecule has 56 valence electrons. The highest BCUT2D eigenvalue weighted by Crippen LogP contribution is 2.16. The van der Waals surface area contributed by atoms with Gasteiger partial charge in [0.05, 0.1) is 12.7 Å². The SMILES string of the molecule is N#C[C@]1(CO)CSCCN1. The maximum atomic E-state index is 8.84. The summed E-state index contributed by atoms with van der Waals surface area (Å²) >= 11 is 1.71. The Morgan fingerprint density at radius 3 is 2.90 bits per heavy atom. The largest absolute Gasteiger partial charge is 0.393 e. The van der Waals surface area contributed by atoms with Crippen molar-refractivity contribution < 1.29 is 5.11 Å². The molecule has 0 aromatic heterocycles. The molecule has 0 aromatic rings. The van der Waals surface area contributed by atoms with Crippen molar-refractivity contribution in [3.8, 4) is 6.07 Å². The fourth-order valence-corrected chi connectivity index (χ4v) is 1.87. The highest BCUT2D eigenvalue weighted by molar-refractivity contribution is 7.99. The molecular weight excluding hydrogens is 148 g/mol. The van der Waals surface area contributed by atoms with Crippen molar-refractivity contribution in [3.05, 3.63) is 0 Å². The van der Waals surface area contributed by atoms with Crippen LogP contribution in [0, 0.1) is 11.3 Å². The molecule has 1 aliphatic heterocycles. The molecule has 1 rings (SSSR count). The Morgan fingerprint density at radius 2 is 2.60 bits per heavy atom. The fraction of sp³-hybridized carbons (Fsp3) is 0.833. The van der Waals surface area contributed by atoms with Crippen LogP contribution in [0.1, 0.15) is 0 Å². The van der Waals surface area contributed by atoms with Crippen molar-refractivity contribution in [1.82, 2.24) is 5.32 Å². The van der Waals surface area contributed by atoms with Crippen LogP contribution < -0.4 is 5.32 Å². The first kappa shape index (κ1) is 7.86. The molecule has 3 nitrogen and oxygen atoms in total. The minimum atomic E-state index is -0.664. The fourth-order valence-electron chi connectivity index (χ4n) is 0.869. The number of hydrogen-bond acceptors (Lipinski definition) is 4. The molecule has 0 bridgehead atoms. The Kier molecular flexibility index (Phi) is 2.55. The van der Waals surface area contributed by atoms with Crippen LogP contribution in [0.25, 0.3) is 0 Å². The van der Waals surface area contributed by atoms with Crippen LogP contribution in [0.4, 0.5) is 0 Å². The van der Waals surface area contributed by atoms with Gasteiger partial charge in [-0.1, -0.05) is 0 Å². The smallest absolute Gasteiger partial charge is 0.139 e. The van der Waals surface area contributed by atoms with Gasteiger partial charge in [0.15, 0.2) is 0 Å². The van der Waals surface area contributed by atoms with Gasteiger partial charge in [-0.25, -0.2) is 0 Å². The normalized spacial score (nSPS) is 33.2. The van der Waals surface area contributed by atoms with Crippen LogP contribution in [0.15, 0.2) is 0 Å². The van der Waals surface area contributed by atoms with E-state index in [1.807, 2.05) is 0 Å². The van der Waals surface area contributed by atoms with Crippen molar-refractivity contribution in [2.75, 3.05) is 24.7 Å². The summed E-state index contributed by atoms with van der Waals surface area (Å²) in [6.45, 7) is 0.731. The van der Waals surface area contributed by atoms with Crippen molar-refractivity contribution in [2.24, 2.45) is 0 Å². The third-order valence-electron chi connectivity index (χ3n) is 1.54. The molecule has 0 unspecified atom stereocenters. The third kappa shape index (κ3) is 1.43. The van der Waals surface area contributed by atoms with E-state index in [0.29, 0.717) is 5.75 Å². The molecule has 0 saturated carbocycles. The van der Waals surface area contributed by atoms with Gasteiger partial charge in [0.2, 0.25) is 0 Å². The molecule has 1 fully saturated rings. The lowest BCUT2D eigenvalue weighted by molar-refractivity contribution is 0.216. The minimum Gasteiger partial charge on any atom is -0.393 e. The molecule has 4 heteroatoms. The maximum Gasteiger partial charge on any atom is 0.139 e. The number of thioether (sulfide) groups is 1. The molecule has 0 aliphatic carbocycles. The highest BCUT2D eigenvalue weighted by Gasteiger charge is 2.30. The number of nitrogens with one attached hydrogen (secondary N) is 1. The zero-order valence-electron chi connectivity index (χ0n) is 5.63. The van der Waals surface area contributed by atoms with E-state index in [1.54, 1.807) is 11.8 Å². The van der Waals surface area contributed by atoms with Crippen molar-refractivity contribution in [1.29, 1.82) is 5.26 Å². The second-order valence-electron chi connectivity index (χ2n) is 2.33. The van der Waals surface area contributed by atoms with Crippen LogP contribution in [0.2, 0.25) is 0 Å². The first-order valence-electron chi connectivity index (χ1n) is 3.18. The minimum absolute atomic E-state index is 0.0868. The van der Waals surface area contributed by atoms with Gasteiger partial charge < -0.3 is 5.11 Å². The summed E-state index contributed by atoms with van der Waals surface area (Å²) in [5.41, 5.74) is -0.664. The second-order valence-corrected chi connectivity index (χ2v) is 3.44. The Labute approximate surface area is 64.4 Å². The number of aliphatic hydroxyl groups excluding tert-OH is 1. The zero-order chi connectivity index (χ0) is 7.45. The van der Waals surface area contributed by atoms with Crippen LogP contribution in [-0.2, 0) is 0 Å². The first-order chi connectivity index (χ1) is 4.83. The van der Waals surface area contributed by atoms with Crippen molar-refractivity contribution in [2.45, 2.75) is 5.54 Å². The average Bonchev–Trinajstić information content (AvgIpc) is 2.06. The summed E-state index contributed by atoms with van der Waals surface area (Å²) in [5.74, 6) is 1.73. The number of hydrogen-bond donors (Lipinski definition) is 2. The first-order valence-corrected chi connectivity index (χ1v) is 4.33. The van der Waals surface area contributed by atoms with E-state index in [-0.39, 0.29) is 6.61 Å². The Hall–Kier alpha value is -0.240. The van der Waals surface area contributed by atoms with E-state index >= 15 is 0 Å². The summed E-state index contributed by atoms with van der Waals surface area (Å²) in [4.78, 5) is 0. The molecular formula is C6H10N2OS. The molecule has 2 N–H and O–H groups in total. The van der Waals surface area contributed by atoms with Gasteiger partial charge in [-0.2, -0.15) is 17.0 Å². The predicted octanol–water partition coefficient (Wildman–Crippen LogP) is -0.423. The van der Waals surface area contributed by atoms with Crippen LogP contribution in [0.5, 0.6) is 0 Å². The summed E-state index contributed by atoms with van der Waals surface area (Å²) in [5, 5.41) is 20.5. The second kappa shape index (κ2) is 3.24. The zero-order valence-corrected chi connectivity index (χ0v) is 6.45. The average molecular weight is 158 g/mol. The van der Waals surface area contributed by atoms with Gasteiger partial charge in [-0.3, -0.25) is 5.32 Å². The monoisotopic (exact) mass is 158 g/mol. The lowest BCUT2D eigenvalue weighted by Crippen LogP contribution is -2.53. The third-order valence-corrected chi connectivity index (χ3v) is 2.73. The molecule has 1 atom stereocenters. The topological polar surface area (TPSA) is 56.0 Å². The van der Waals surface area contributed by atoms with Gasteiger partial charge >= 0.3 is 0 Å². The van der Waals surface area contributed by atoms with Gasteiger partial charge in [0, 0.05) is 18.1 Å². The van der Waals surface area contributed by atoms with Crippen molar-refractivity contribution in [3.63, 3.8) is 0 Å². The number of nitriles is 1. The van der Waals surface area contributed by atoms with Gasteiger partial charge in [-0.15, -0.1) is 0 Å². The molecule has 1 aliphatic rings. The maximum absolute atomic E-state index is 8.84.